The van der Waals surface area contributed by atoms with Gasteiger partial charge in [-0.3, -0.25) is 28.8 Å². The Kier molecular flexibility index (Phi) is 43.3. The standard InChI is InChI=1S/C23H32BrNO3.C19H29NO4.C17H28O4.C16H23NO4.C16H26O5.C16H26O4.C11H18O3/c1-17(18-4-6-19(24)7-5-18)25-13-12-22(14-20(25)26)8-10-23(11-9-22)27-15-21(2,3)16-28-23;1-5-7-18(15(12-20)16(21)22-6-2)8-10-19(11-9-18)23-13-17(3,4)14-24-19;1-5-6-16(11-14(18)19-4)7-9-17(10-8-16)20-12-15(2,3)13-21-17;1-4-19-14(18)13(9-17)12-5-7-16(8-6-12)20-10-15(2,3)11-21-16;1-14(2)11-20-16(21-12-14)6-4-15(5-7-16,8-9-17)10-13(18)19-3;1-4-5-15(10-13(17)18)6-8-16(9-7-15)19-11-14(2,3)12-20-16;1-10(2)7-13-11(14-8-10)5-3-9(12)4-6-11/h4-7,17H,8-16H2,1-3H3;5,15H,1,6-11,13-14H2,2-4H3;5H,1,6-13H2,2-4H3;4-8,10-11H2,1-3H3;9H,4-8,10-12H2,1-3H3;4H,1,5-12H2,2-3H3,(H,17,18);3-8H2,1-2H3/t17-;;;;;;/m0....../s1. The van der Waals surface area contributed by atoms with E-state index in [0.717, 1.165) is 197 Å². The monoisotopic (exact) mass is 2150 g/mol. The number of hydrogen-bond acceptors (Lipinski definition) is 28. The number of nitriles is 2. The molecule has 1 aromatic rings. The molecule has 0 aromatic heterocycles. The molecule has 8 saturated heterocycles. The summed E-state index contributed by atoms with van der Waals surface area (Å²) in [6.07, 6.45) is 33.4. The average molecular weight is 2150 g/mol. The fourth-order valence-electron chi connectivity index (χ4n) is 23.1. The molecule has 7 saturated carbocycles. The second-order valence-corrected chi connectivity index (χ2v) is 52.2. The Morgan fingerprint density at radius 1 is 0.423 bits per heavy atom. The molecule has 16 rings (SSSR count). The minimum atomic E-state index is -0.771. The van der Waals surface area contributed by atoms with Crippen molar-refractivity contribution in [1.29, 1.82) is 10.5 Å². The lowest BCUT2D eigenvalue weighted by molar-refractivity contribution is -0.317. The number of Topliss-reactive ketones (excluding diaryl/α,β-unsaturated/α-hetero) is 1. The van der Waals surface area contributed by atoms with E-state index in [1.54, 1.807) is 19.9 Å². The molecule has 1 N–H and O–H groups in total. The summed E-state index contributed by atoms with van der Waals surface area (Å²) >= 11 is 3.49. The largest absolute Gasteiger partial charge is 0.481 e. The average Bonchev–Trinajstić information content (AvgIpc) is 0.744. The number of ether oxygens (including phenoxy) is 18. The smallest absolute Gasteiger partial charge is 0.348 e. The summed E-state index contributed by atoms with van der Waals surface area (Å²) in [5.74, 6) is -5.54. The molecule has 15 fully saturated rings. The molecule has 30 nitrogen and oxygen atoms in total. The van der Waals surface area contributed by atoms with Crippen molar-refractivity contribution < 1.29 is 129 Å². The number of allylic oxidation sites excluding steroid dienone is 4. The van der Waals surface area contributed by atoms with Gasteiger partial charge in [-0.05, 0) is 168 Å². The first-order valence-corrected chi connectivity index (χ1v) is 55.7. The fourth-order valence-corrected chi connectivity index (χ4v) is 23.3. The number of piperidine rings is 1. The predicted molar refractivity (Wildman–Crippen MR) is 565 cm³/mol. The minimum Gasteiger partial charge on any atom is -0.481 e. The van der Waals surface area contributed by atoms with E-state index in [-0.39, 0.29) is 103 Å². The second kappa shape index (κ2) is 51.9. The fraction of sp³-hybridized carbons (Fsp3) is 0.797. The van der Waals surface area contributed by atoms with Crippen LogP contribution in [0.1, 0.15) is 367 Å². The second-order valence-electron chi connectivity index (χ2n) is 51.3. The molecule has 15 aliphatic rings. The zero-order valence-corrected chi connectivity index (χ0v) is 95.4. The van der Waals surface area contributed by atoms with E-state index in [2.05, 4.69) is 163 Å². The van der Waals surface area contributed by atoms with Crippen molar-refractivity contribution in [2.75, 3.05) is 126 Å². The lowest BCUT2D eigenvalue weighted by Crippen LogP contribution is -2.53. The predicted octanol–water partition coefficient (Wildman–Crippen LogP) is 23.0. The van der Waals surface area contributed by atoms with E-state index in [4.69, 9.17) is 90.4 Å². The maximum absolute atomic E-state index is 13.1. The van der Waals surface area contributed by atoms with Gasteiger partial charge >= 0.3 is 29.8 Å². The summed E-state index contributed by atoms with van der Waals surface area (Å²) in [4.78, 5) is 95.6. The number of esters is 4. The summed E-state index contributed by atoms with van der Waals surface area (Å²) in [7, 11) is 2.83. The van der Waals surface area contributed by atoms with Crippen molar-refractivity contribution in [3.05, 3.63) is 83.4 Å². The van der Waals surface area contributed by atoms with Crippen LogP contribution in [0.5, 0.6) is 0 Å². The number of carbonyl (C=O) groups is 8. The van der Waals surface area contributed by atoms with Gasteiger partial charge in [0.15, 0.2) is 40.5 Å². The van der Waals surface area contributed by atoms with Crippen molar-refractivity contribution in [3.8, 4) is 12.1 Å². The number of amides is 1. The molecular weight excluding hydrogens is 1970 g/mol. The molecule has 2 atom stereocenters. The number of methoxy groups -OCH3 is 2. The van der Waals surface area contributed by atoms with Gasteiger partial charge in [-0.15, -0.1) is 19.7 Å². The van der Waals surface area contributed by atoms with Crippen LogP contribution in [0.3, 0.4) is 0 Å². The van der Waals surface area contributed by atoms with Crippen LogP contribution in [-0.4, -0.2) is 225 Å². The normalized spacial score (nSPS) is 26.4. The number of aldehydes is 1. The number of benzene rings is 1. The van der Waals surface area contributed by atoms with E-state index in [1.807, 2.05) is 30.4 Å². The van der Waals surface area contributed by atoms with Crippen LogP contribution in [0.4, 0.5) is 0 Å². The first-order chi connectivity index (χ1) is 70.0. The highest BCUT2D eigenvalue weighted by atomic mass is 79.9. The molecule has 7 aliphatic carbocycles. The molecule has 8 aliphatic heterocycles. The third-order valence-electron chi connectivity index (χ3n) is 33.6. The topological polar surface area (TPSA) is 374 Å². The first-order valence-electron chi connectivity index (χ1n) is 55.0. The number of rotatable bonds is 21. The lowest BCUT2D eigenvalue weighted by atomic mass is 9.63. The number of carbonyl (C=O) groups excluding carboxylic acids is 7. The van der Waals surface area contributed by atoms with Gasteiger partial charge in [0.1, 0.15) is 29.6 Å². The molecule has 8 heterocycles. The summed E-state index contributed by atoms with van der Waals surface area (Å²) in [5.41, 5.74) is 1.92. The lowest BCUT2D eigenvalue weighted by Gasteiger charge is -2.52. The van der Waals surface area contributed by atoms with Crippen LogP contribution in [0.25, 0.3) is 0 Å². The number of likely N-dealkylation sites (tertiary alicyclic amines) is 1. The van der Waals surface area contributed by atoms with Gasteiger partial charge < -0.3 is 100 Å². The number of ketones is 1. The number of nitrogens with zero attached hydrogens (tertiary/aromatic N) is 3. The van der Waals surface area contributed by atoms with E-state index in [0.29, 0.717) is 161 Å². The van der Waals surface area contributed by atoms with Gasteiger partial charge in [0, 0.05) is 170 Å². The first kappa shape index (κ1) is 124. The minimum absolute atomic E-state index is 0.0288. The number of carboxylic acids is 1. The van der Waals surface area contributed by atoms with Crippen LogP contribution < -0.4 is 0 Å². The van der Waals surface area contributed by atoms with Gasteiger partial charge in [0.05, 0.1) is 151 Å². The van der Waals surface area contributed by atoms with E-state index < -0.39 is 69.8 Å². The van der Waals surface area contributed by atoms with E-state index in [1.165, 1.54) is 19.8 Å². The molecule has 1 amide bonds. The Morgan fingerprint density at radius 2 is 0.725 bits per heavy atom. The molecule has 0 radical (unpaired) electrons. The summed E-state index contributed by atoms with van der Waals surface area (Å²) < 4.78 is 105. The molecule has 0 bridgehead atoms. The molecule has 8 spiro atoms. The van der Waals surface area contributed by atoms with Gasteiger partial charge in [-0.2, -0.15) is 10.5 Å². The van der Waals surface area contributed by atoms with Gasteiger partial charge in [0.2, 0.25) is 5.91 Å². The van der Waals surface area contributed by atoms with Crippen LogP contribution in [-0.2, 0) is 124 Å². The van der Waals surface area contributed by atoms with Gasteiger partial charge in [-0.25, -0.2) is 4.79 Å². The van der Waals surface area contributed by atoms with E-state index >= 15 is 0 Å². The number of halogens is 1. The number of aliphatic carboxylic acids is 1. The zero-order chi connectivity index (χ0) is 110. The highest BCUT2D eigenvalue weighted by Gasteiger charge is 2.58. The quantitative estimate of drug-likeness (QED) is 0.0298. The van der Waals surface area contributed by atoms with Crippen LogP contribution in [0.2, 0.25) is 0 Å². The van der Waals surface area contributed by atoms with Crippen LogP contribution >= 0.6 is 15.9 Å². The highest BCUT2D eigenvalue weighted by molar-refractivity contribution is 9.10. The SMILES string of the molecule is C=CCC1(C(C#N)C(=O)OCC)CCC2(CC1)OCC(C)(C)CO2.C=CCC1(CC(=O)O)CCC2(CC1)OCC(C)(C)CO2.C=CCC1(CC(=O)OC)CCC2(CC1)OCC(C)(C)CO2.CC1(C)COC2(CCC(=O)CC2)OC1.CCOC(=O)C(C#N)=C1CCC2(CC1)OCC(C)(C)CO2.COC(=O)CC1(CC=O)CCC2(CC1)OCC(C)(C)CO2.C[C@@H](c1ccc(Br)cc1)N1CCC2(CCC3(CC2)OCC(C)(C)CO3)CC1=O. The Hall–Kier alpha value is -6.76. The molecule has 1 aromatic carbocycles. The number of carboxylic acid groups (broad SMARTS) is 1. The Balaban J connectivity index is 0.000000179. The van der Waals surface area contributed by atoms with Crippen molar-refractivity contribution in [3.63, 3.8) is 0 Å². The zero-order valence-electron chi connectivity index (χ0n) is 93.9. The summed E-state index contributed by atoms with van der Waals surface area (Å²) in [6, 6.07) is 12.6. The van der Waals surface area contributed by atoms with Crippen LogP contribution in [0, 0.1) is 93.6 Å². The molecule has 838 valence electrons. The molecule has 149 heavy (non-hydrogen) atoms. The molecular formula is C118H182BrN3O27. The van der Waals surface area contributed by atoms with Gasteiger partial charge in [-0.1, -0.05) is 143 Å². The maximum Gasteiger partial charge on any atom is 0.348 e. The molecule has 1 unspecified atom stereocenters. The summed E-state index contributed by atoms with van der Waals surface area (Å²) in [5, 5.41) is 27.9. The number of hydrogen-bond donors (Lipinski definition) is 1. The van der Waals surface area contributed by atoms with Crippen molar-refractivity contribution in [2.45, 2.75) is 402 Å². The van der Waals surface area contributed by atoms with Gasteiger partial charge in [0.25, 0.3) is 0 Å². The Labute approximate surface area is 897 Å². The third-order valence-corrected chi connectivity index (χ3v) is 34.2. The summed E-state index contributed by atoms with van der Waals surface area (Å²) in [6.45, 7) is 58.3. The van der Waals surface area contributed by atoms with E-state index in [9.17, 15) is 48.9 Å². The van der Waals surface area contributed by atoms with Crippen molar-refractivity contribution >= 4 is 63.8 Å². The Morgan fingerprint density at radius 3 is 1.01 bits per heavy atom. The van der Waals surface area contributed by atoms with Crippen molar-refractivity contribution in [2.24, 2.45) is 70.9 Å². The maximum atomic E-state index is 13.1. The highest BCUT2D eigenvalue weighted by Crippen LogP contribution is 2.58. The third kappa shape index (κ3) is 34.6. The Bertz CT molecular complexity index is 4580. The van der Waals surface area contributed by atoms with Crippen molar-refractivity contribution in [1.82, 2.24) is 4.90 Å². The van der Waals surface area contributed by atoms with Crippen LogP contribution in [0.15, 0.2) is 77.8 Å². The molecule has 31 heteroatoms.